The summed E-state index contributed by atoms with van der Waals surface area (Å²) in [6.07, 6.45) is 1.62. The SMILES string of the molecule is COC(=O)COc1cc(C(=O)Nc2ccnn2Cc2cccc(Br)c2)ccc1OC. The molecule has 0 radical (unpaired) electrons. The first-order chi connectivity index (χ1) is 14.5. The summed E-state index contributed by atoms with van der Waals surface area (Å²) in [4.78, 5) is 24.1. The molecule has 0 atom stereocenters. The molecule has 1 amide bonds. The minimum absolute atomic E-state index is 0.262. The van der Waals surface area contributed by atoms with Crippen molar-refractivity contribution < 1.29 is 23.8 Å². The van der Waals surface area contributed by atoms with E-state index in [2.05, 4.69) is 31.1 Å². The van der Waals surface area contributed by atoms with Crippen LogP contribution in [0.4, 0.5) is 5.82 Å². The zero-order valence-corrected chi connectivity index (χ0v) is 18.0. The third-order valence-corrected chi connectivity index (χ3v) is 4.67. The molecule has 0 aliphatic rings. The number of amides is 1. The van der Waals surface area contributed by atoms with Gasteiger partial charge in [0, 0.05) is 16.1 Å². The molecule has 0 spiro atoms. The van der Waals surface area contributed by atoms with Crippen molar-refractivity contribution in [1.29, 1.82) is 0 Å². The fourth-order valence-electron chi connectivity index (χ4n) is 2.69. The van der Waals surface area contributed by atoms with Crippen LogP contribution in [0.5, 0.6) is 11.5 Å². The van der Waals surface area contributed by atoms with Crippen LogP contribution in [0.1, 0.15) is 15.9 Å². The van der Waals surface area contributed by atoms with Crippen LogP contribution in [0.2, 0.25) is 0 Å². The molecule has 1 heterocycles. The predicted molar refractivity (Wildman–Crippen MR) is 114 cm³/mol. The van der Waals surface area contributed by atoms with Gasteiger partial charge in [0.15, 0.2) is 18.1 Å². The van der Waals surface area contributed by atoms with Gasteiger partial charge in [0.05, 0.1) is 27.0 Å². The van der Waals surface area contributed by atoms with Gasteiger partial charge in [-0.15, -0.1) is 0 Å². The molecule has 0 saturated carbocycles. The first-order valence-electron chi connectivity index (χ1n) is 8.95. The highest BCUT2D eigenvalue weighted by atomic mass is 79.9. The van der Waals surface area contributed by atoms with Gasteiger partial charge in [-0.05, 0) is 35.9 Å². The lowest BCUT2D eigenvalue weighted by Crippen LogP contribution is -2.17. The van der Waals surface area contributed by atoms with Crippen molar-refractivity contribution in [1.82, 2.24) is 9.78 Å². The number of ether oxygens (including phenoxy) is 3. The fourth-order valence-corrected chi connectivity index (χ4v) is 3.13. The van der Waals surface area contributed by atoms with Crippen molar-refractivity contribution in [3.63, 3.8) is 0 Å². The van der Waals surface area contributed by atoms with Gasteiger partial charge in [-0.1, -0.05) is 28.1 Å². The standard InChI is InChI=1S/C21H20BrN3O5/c1-28-17-7-6-15(11-18(17)30-13-20(26)29-2)21(27)24-19-8-9-23-25(19)12-14-4-3-5-16(22)10-14/h3-11H,12-13H2,1-2H3,(H,24,27). The Bertz CT molecular complexity index is 1050. The van der Waals surface area contributed by atoms with E-state index in [0.29, 0.717) is 23.7 Å². The second-order valence-corrected chi connectivity index (χ2v) is 7.10. The molecule has 9 heteroatoms. The quantitative estimate of drug-likeness (QED) is 0.503. The Kier molecular flexibility index (Phi) is 7.08. The van der Waals surface area contributed by atoms with E-state index in [0.717, 1.165) is 10.0 Å². The van der Waals surface area contributed by atoms with E-state index < -0.39 is 5.97 Å². The van der Waals surface area contributed by atoms with Crippen LogP contribution in [0.3, 0.4) is 0 Å². The van der Waals surface area contributed by atoms with Crippen molar-refractivity contribution in [2.75, 3.05) is 26.1 Å². The van der Waals surface area contributed by atoms with Crippen molar-refractivity contribution >= 4 is 33.6 Å². The maximum atomic E-state index is 12.8. The average molecular weight is 474 g/mol. The summed E-state index contributed by atoms with van der Waals surface area (Å²) in [5.41, 5.74) is 1.37. The van der Waals surface area contributed by atoms with Crippen LogP contribution in [-0.2, 0) is 16.1 Å². The lowest BCUT2D eigenvalue weighted by molar-refractivity contribution is -0.142. The summed E-state index contributed by atoms with van der Waals surface area (Å²) in [6, 6.07) is 14.3. The smallest absolute Gasteiger partial charge is 0.343 e. The highest BCUT2D eigenvalue weighted by Gasteiger charge is 2.15. The van der Waals surface area contributed by atoms with Crippen LogP contribution in [0.25, 0.3) is 0 Å². The summed E-state index contributed by atoms with van der Waals surface area (Å²) in [5.74, 6) is 0.320. The number of hydrogen-bond acceptors (Lipinski definition) is 6. The van der Waals surface area contributed by atoms with Gasteiger partial charge in [0.1, 0.15) is 5.82 Å². The molecular weight excluding hydrogens is 454 g/mol. The summed E-state index contributed by atoms with van der Waals surface area (Å²) in [6.45, 7) is 0.204. The van der Waals surface area contributed by atoms with E-state index in [1.165, 1.54) is 20.3 Å². The second-order valence-electron chi connectivity index (χ2n) is 6.19. The zero-order chi connectivity index (χ0) is 21.5. The monoisotopic (exact) mass is 473 g/mol. The van der Waals surface area contributed by atoms with Crippen molar-refractivity contribution in [2.45, 2.75) is 6.54 Å². The lowest BCUT2D eigenvalue weighted by Gasteiger charge is -2.13. The molecule has 0 aliphatic carbocycles. The van der Waals surface area contributed by atoms with E-state index in [1.54, 1.807) is 29.1 Å². The number of benzene rings is 2. The van der Waals surface area contributed by atoms with Gasteiger partial charge >= 0.3 is 5.97 Å². The number of methoxy groups -OCH3 is 2. The molecule has 0 unspecified atom stereocenters. The topological polar surface area (TPSA) is 91.7 Å². The largest absolute Gasteiger partial charge is 0.493 e. The van der Waals surface area contributed by atoms with Gasteiger partial charge in [0.2, 0.25) is 0 Å². The molecule has 3 rings (SSSR count). The minimum atomic E-state index is -0.539. The Morgan fingerprint density at radius 3 is 2.67 bits per heavy atom. The molecule has 0 bridgehead atoms. The molecule has 0 aliphatic heterocycles. The third kappa shape index (κ3) is 5.38. The molecule has 8 nitrogen and oxygen atoms in total. The van der Waals surface area contributed by atoms with Crippen LogP contribution < -0.4 is 14.8 Å². The van der Waals surface area contributed by atoms with E-state index >= 15 is 0 Å². The van der Waals surface area contributed by atoms with Crippen LogP contribution in [-0.4, -0.2) is 42.5 Å². The van der Waals surface area contributed by atoms with Crippen LogP contribution in [0, 0.1) is 0 Å². The maximum absolute atomic E-state index is 12.8. The van der Waals surface area contributed by atoms with Crippen LogP contribution >= 0.6 is 15.9 Å². The molecule has 3 aromatic rings. The molecule has 0 fully saturated rings. The molecule has 156 valence electrons. The Labute approximate surface area is 181 Å². The number of halogens is 1. The van der Waals surface area contributed by atoms with Crippen LogP contribution in [0.15, 0.2) is 59.2 Å². The van der Waals surface area contributed by atoms with Crippen molar-refractivity contribution in [3.05, 3.63) is 70.3 Å². The Morgan fingerprint density at radius 1 is 1.10 bits per heavy atom. The third-order valence-electron chi connectivity index (χ3n) is 4.18. The maximum Gasteiger partial charge on any atom is 0.343 e. The summed E-state index contributed by atoms with van der Waals surface area (Å²) in [5, 5.41) is 7.13. The number of nitrogens with one attached hydrogen (secondary N) is 1. The van der Waals surface area contributed by atoms with E-state index in [4.69, 9.17) is 9.47 Å². The van der Waals surface area contributed by atoms with Gasteiger partial charge in [-0.2, -0.15) is 5.10 Å². The molecule has 30 heavy (non-hydrogen) atoms. The Morgan fingerprint density at radius 2 is 1.93 bits per heavy atom. The van der Waals surface area contributed by atoms with E-state index in [1.807, 2.05) is 24.3 Å². The first kappa shape index (κ1) is 21.4. The number of carbonyl (C=O) groups is 2. The highest BCUT2D eigenvalue weighted by Crippen LogP contribution is 2.28. The first-order valence-corrected chi connectivity index (χ1v) is 9.74. The van der Waals surface area contributed by atoms with Gasteiger partial charge in [-0.25, -0.2) is 9.48 Å². The number of rotatable bonds is 8. The summed E-state index contributed by atoms with van der Waals surface area (Å²) in [7, 11) is 2.74. The molecule has 1 aromatic heterocycles. The normalized spacial score (nSPS) is 10.4. The second kappa shape index (κ2) is 9.93. The van der Waals surface area contributed by atoms with E-state index in [-0.39, 0.29) is 18.3 Å². The molecule has 1 N–H and O–H groups in total. The number of carbonyl (C=O) groups excluding carboxylic acids is 2. The Hall–Kier alpha value is -3.33. The number of anilines is 1. The molecular formula is C21H20BrN3O5. The number of esters is 1. The fraction of sp³-hybridized carbons (Fsp3) is 0.190. The van der Waals surface area contributed by atoms with Crippen molar-refractivity contribution in [2.24, 2.45) is 0 Å². The number of aromatic nitrogens is 2. The predicted octanol–water partition coefficient (Wildman–Crippen LogP) is 3.51. The molecule has 2 aromatic carbocycles. The number of nitrogens with zero attached hydrogens (tertiary/aromatic N) is 2. The average Bonchev–Trinajstić information content (AvgIpc) is 3.18. The minimum Gasteiger partial charge on any atom is -0.493 e. The van der Waals surface area contributed by atoms with Gasteiger partial charge in [0.25, 0.3) is 5.91 Å². The lowest BCUT2D eigenvalue weighted by atomic mass is 10.2. The van der Waals surface area contributed by atoms with Crippen molar-refractivity contribution in [3.8, 4) is 11.5 Å². The number of hydrogen-bond donors (Lipinski definition) is 1. The Balaban J connectivity index is 1.75. The summed E-state index contributed by atoms with van der Waals surface area (Å²) >= 11 is 3.45. The highest BCUT2D eigenvalue weighted by molar-refractivity contribution is 9.10. The zero-order valence-electron chi connectivity index (χ0n) is 16.4. The van der Waals surface area contributed by atoms with Gasteiger partial charge < -0.3 is 19.5 Å². The summed E-state index contributed by atoms with van der Waals surface area (Å²) < 4.78 is 17.9. The molecule has 0 saturated heterocycles. The van der Waals surface area contributed by atoms with Gasteiger partial charge in [-0.3, -0.25) is 4.79 Å². The van der Waals surface area contributed by atoms with E-state index in [9.17, 15) is 9.59 Å².